The van der Waals surface area contributed by atoms with Crippen molar-refractivity contribution < 1.29 is 0 Å². The molecule has 2 heteroatoms. The monoisotopic (exact) mass is 168 g/mol. The summed E-state index contributed by atoms with van der Waals surface area (Å²) in [6, 6.07) is 0. The summed E-state index contributed by atoms with van der Waals surface area (Å²) in [5, 5.41) is 0. The first kappa shape index (κ1) is 11.2. The van der Waals surface area contributed by atoms with Gasteiger partial charge in [0.2, 0.25) is 0 Å². The smallest absolute Gasteiger partial charge is 0.101 e. The van der Waals surface area contributed by atoms with Crippen molar-refractivity contribution in [2.24, 2.45) is 4.99 Å². The second-order valence-electron chi connectivity index (χ2n) is 3.06. The highest BCUT2D eigenvalue weighted by molar-refractivity contribution is 5.80. The summed E-state index contributed by atoms with van der Waals surface area (Å²) >= 11 is 0. The molecule has 0 aromatic rings. The van der Waals surface area contributed by atoms with Gasteiger partial charge in [0.05, 0.1) is 0 Å². The summed E-state index contributed by atoms with van der Waals surface area (Å²) in [6.07, 6.45) is 1.91. The van der Waals surface area contributed by atoms with Crippen molar-refractivity contribution >= 4 is 5.84 Å². The van der Waals surface area contributed by atoms with Crippen LogP contribution in [0.3, 0.4) is 0 Å². The van der Waals surface area contributed by atoms with E-state index in [4.69, 9.17) is 0 Å². The quantitative estimate of drug-likeness (QED) is 0.467. The Labute approximate surface area is 76.0 Å². The van der Waals surface area contributed by atoms with E-state index < -0.39 is 0 Å². The Kier molecular flexibility index (Phi) is 5.43. The fourth-order valence-corrected chi connectivity index (χ4v) is 0.985. The Bertz CT molecular complexity index is 172. The van der Waals surface area contributed by atoms with Crippen LogP contribution in [0.25, 0.3) is 0 Å². The number of hydrogen-bond acceptors (Lipinski definition) is 1. The largest absolute Gasteiger partial charge is 0.361 e. The Morgan fingerprint density at radius 2 is 1.67 bits per heavy atom. The van der Waals surface area contributed by atoms with Crippen molar-refractivity contribution in [2.75, 3.05) is 13.1 Å². The molecule has 0 heterocycles. The molecule has 0 aliphatic carbocycles. The number of amidine groups is 1. The van der Waals surface area contributed by atoms with Gasteiger partial charge in [0, 0.05) is 19.3 Å². The van der Waals surface area contributed by atoms with E-state index in [9.17, 15) is 0 Å². The highest BCUT2D eigenvalue weighted by atomic mass is 15.2. The van der Waals surface area contributed by atoms with Gasteiger partial charge in [0.25, 0.3) is 0 Å². The van der Waals surface area contributed by atoms with Crippen LogP contribution >= 0.6 is 0 Å². The minimum atomic E-state index is 1.03. The van der Waals surface area contributed by atoms with E-state index in [2.05, 4.69) is 37.6 Å². The number of aliphatic imine (C=N–C) groups is 1. The van der Waals surface area contributed by atoms with Gasteiger partial charge in [0.15, 0.2) is 0 Å². The first-order valence-electron chi connectivity index (χ1n) is 4.54. The van der Waals surface area contributed by atoms with E-state index in [-0.39, 0.29) is 0 Å². The standard InChI is InChI=1S/C10H20N2/c1-6-12(7-2)10(5)11-8-9(3)4/h8H,6-7H2,1-5H3. The first-order chi connectivity index (χ1) is 5.61. The van der Waals surface area contributed by atoms with Crippen LogP contribution in [0.1, 0.15) is 34.6 Å². The molecule has 0 rings (SSSR count). The van der Waals surface area contributed by atoms with Gasteiger partial charge in [0.1, 0.15) is 5.84 Å². The fraction of sp³-hybridized carbons (Fsp3) is 0.700. The van der Waals surface area contributed by atoms with Gasteiger partial charge < -0.3 is 4.90 Å². The molecule has 0 amide bonds. The molecule has 0 aliphatic heterocycles. The van der Waals surface area contributed by atoms with Gasteiger partial charge in [-0.25, -0.2) is 4.99 Å². The van der Waals surface area contributed by atoms with Gasteiger partial charge in [-0.1, -0.05) is 5.57 Å². The molecule has 2 nitrogen and oxygen atoms in total. The SMILES string of the molecule is CCN(CC)C(C)=NC=C(C)C. The lowest BCUT2D eigenvalue weighted by molar-refractivity contribution is 0.463. The summed E-state index contributed by atoms with van der Waals surface area (Å²) in [4.78, 5) is 6.58. The molecule has 0 spiro atoms. The van der Waals surface area contributed by atoms with Crippen molar-refractivity contribution in [1.29, 1.82) is 0 Å². The molecule has 0 N–H and O–H groups in total. The minimum Gasteiger partial charge on any atom is -0.361 e. The maximum Gasteiger partial charge on any atom is 0.101 e. The Morgan fingerprint density at radius 1 is 1.17 bits per heavy atom. The first-order valence-corrected chi connectivity index (χ1v) is 4.54. The minimum absolute atomic E-state index is 1.03. The number of nitrogens with zero attached hydrogens (tertiary/aromatic N) is 2. The molecule has 0 atom stereocenters. The third-order valence-corrected chi connectivity index (χ3v) is 1.73. The number of rotatable bonds is 3. The van der Waals surface area contributed by atoms with E-state index in [0.29, 0.717) is 0 Å². The molecular formula is C10H20N2. The van der Waals surface area contributed by atoms with Crippen LogP contribution in [0, 0.1) is 0 Å². The average molecular weight is 168 g/mol. The predicted molar refractivity (Wildman–Crippen MR) is 55.5 cm³/mol. The lowest BCUT2D eigenvalue weighted by Crippen LogP contribution is -2.27. The molecule has 0 bridgehead atoms. The Hall–Kier alpha value is -0.790. The Morgan fingerprint density at radius 3 is 2.00 bits per heavy atom. The van der Waals surface area contributed by atoms with Gasteiger partial charge in [-0.3, -0.25) is 0 Å². The highest BCUT2D eigenvalue weighted by Gasteiger charge is 1.98. The normalized spacial score (nSPS) is 11.2. The fourth-order valence-electron chi connectivity index (χ4n) is 0.985. The molecule has 70 valence electrons. The third-order valence-electron chi connectivity index (χ3n) is 1.73. The highest BCUT2D eigenvalue weighted by Crippen LogP contribution is 1.94. The van der Waals surface area contributed by atoms with Crippen molar-refractivity contribution in [2.45, 2.75) is 34.6 Å². The van der Waals surface area contributed by atoms with Crippen LogP contribution in [0.15, 0.2) is 16.8 Å². The topological polar surface area (TPSA) is 15.6 Å². The molecule has 0 aliphatic rings. The second kappa shape index (κ2) is 5.81. The van der Waals surface area contributed by atoms with Gasteiger partial charge in [-0.15, -0.1) is 0 Å². The van der Waals surface area contributed by atoms with Crippen molar-refractivity contribution in [3.05, 3.63) is 11.8 Å². The molecule has 0 radical (unpaired) electrons. The zero-order chi connectivity index (χ0) is 9.56. The lowest BCUT2D eigenvalue weighted by atomic mass is 10.4. The molecule has 0 saturated carbocycles. The van der Waals surface area contributed by atoms with Crippen LogP contribution in [-0.2, 0) is 0 Å². The maximum atomic E-state index is 4.35. The number of hydrogen-bond donors (Lipinski definition) is 0. The van der Waals surface area contributed by atoms with Crippen molar-refractivity contribution in [1.82, 2.24) is 4.90 Å². The van der Waals surface area contributed by atoms with Crippen LogP contribution in [0.5, 0.6) is 0 Å². The average Bonchev–Trinajstić information content (AvgIpc) is 2.03. The second-order valence-corrected chi connectivity index (χ2v) is 3.06. The van der Waals surface area contributed by atoms with Crippen LogP contribution in [-0.4, -0.2) is 23.8 Å². The Balaban J connectivity index is 4.24. The van der Waals surface area contributed by atoms with Crippen LogP contribution in [0.2, 0.25) is 0 Å². The summed E-state index contributed by atoms with van der Waals surface area (Å²) in [5.41, 5.74) is 1.24. The van der Waals surface area contributed by atoms with Crippen LogP contribution < -0.4 is 0 Å². The summed E-state index contributed by atoms with van der Waals surface area (Å²) in [6.45, 7) is 12.5. The molecule has 0 aromatic heterocycles. The van der Waals surface area contributed by atoms with Gasteiger partial charge >= 0.3 is 0 Å². The summed E-state index contributed by atoms with van der Waals surface area (Å²) in [5.74, 6) is 1.10. The molecule has 0 saturated heterocycles. The molecule has 0 fully saturated rings. The van der Waals surface area contributed by atoms with Crippen molar-refractivity contribution in [3.63, 3.8) is 0 Å². The van der Waals surface area contributed by atoms with E-state index in [1.165, 1.54) is 5.57 Å². The predicted octanol–water partition coefficient (Wildman–Crippen LogP) is 2.67. The van der Waals surface area contributed by atoms with E-state index in [1.54, 1.807) is 0 Å². The molecule has 12 heavy (non-hydrogen) atoms. The van der Waals surface area contributed by atoms with Crippen LogP contribution in [0.4, 0.5) is 0 Å². The summed E-state index contributed by atoms with van der Waals surface area (Å²) in [7, 11) is 0. The summed E-state index contributed by atoms with van der Waals surface area (Å²) < 4.78 is 0. The van der Waals surface area contributed by atoms with E-state index >= 15 is 0 Å². The van der Waals surface area contributed by atoms with Gasteiger partial charge in [-0.05, 0) is 34.6 Å². The number of allylic oxidation sites excluding steroid dienone is 1. The molecule has 0 unspecified atom stereocenters. The zero-order valence-electron chi connectivity index (χ0n) is 8.89. The lowest BCUT2D eigenvalue weighted by Gasteiger charge is -2.19. The maximum absolute atomic E-state index is 4.35. The molecular weight excluding hydrogens is 148 g/mol. The third kappa shape index (κ3) is 4.16. The van der Waals surface area contributed by atoms with Crippen molar-refractivity contribution in [3.8, 4) is 0 Å². The zero-order valence-corrected chi connectivity index (χ0v) is 8.89. The van der Waals surface area contributed by atoms with Gasteiger partial charge in [-0.2, -0.15) is 0 Å². The molecule has 0 aromatic carbocycles. The van der Waals surface area contributed by atoms with E-state index in [1.807, 2.05) is 13.1 Å². The van der Waals surface area contributed by atoms with E-state index in [0.717, 1.165) is 18.9 Å².